The summed E-state index contributed by atoms with van der Waals surface area (Å²) in [6.07, 6.45) is 0. The highest BCUT2D eigenvalue weighted by Gasteiger charge is 2.46. The number of aryl methyl sites for hydroxylation is 1. The van der Waals surface area contributed by atoms with Gasteiger partial charge in [-0.3, -0.25) is 9.59 Å². The van der Waals surface area contributed by atoms with Gasteiger partial charge in [0.25, 0.3) is 11.7 Å². The first kappa shape index (κ1) is 20.3. The van der Waals surface area contributed by atoms with Crippen molar-refractivity contribution in [2.45, 2.75) is 13.0 Å². The molecular weight excluding hydrogens is 380 g/mol. The normalized spacial score (nSPS) is 21.9. The van der Waals surface area contributed by atoms with Crippen LogP contribution in [0.15, 0.2) is 60.2 Å². The number of likely N-dealkylation sites (tertiary alicyclic amines) is 1. The Morgan fingerprint density at radius 2 is 1.73 bits per heavy atom. The lowest BCUT2D eigenvalue weighted by Crippen LogP contribution is -3.14. The number of hydrogen-bond donors (Lipinski definition) is 2. The molecule has 1 atom stereocenters. The molecule has 1 unspecified atom stereocenters. The molecule has 1 amide bonds. The van der Waals surface area contributed by atoms with E-state index in [-0.39, 0.29) is 11.3 Å². The average molecular weight is 407 g/mol. The molecule has 30 heavy (non-hydrogen) atoms. The predicted octanol–water partition coefficient (Wildman–Crippen LogP) is 1.33. The van der Waals surface area contributed by atoms with E-state index < -0.39 is 17.7 Å². The van der Waals surface area contributed by atoms with Crippen LogP contribution in [-0.4, -0.2) is 61.1 Å². The van der Waals surface area contributed by atoms with E-state index in [1.54, 1.807) is 29.2 Å². The van der Waals surface area contributed by atoms with Gasteiger partial charge >= 0.3 is 0 Å². The molecule has 6 heteroatoms. The van der Waals surface area contributed by atoms with Crippen molar-refractivity contribution in [1.82, 2.24) is 4.90 Å². The third kappa shape index (κ3) is 4.01. The number of carbonyl (C=O) groups is 2. The molecule has 0 spiro atoms. The predicted molar refractivity (Wildman–Crippen MR) is 113 cm³/mol. The van der Waals surface area contributed by atoms with Crippen molar-refractivity contribution in [3.63, 3.8) is 0 Å². The minimum Gasteiger partial charge on any atom is -0.507 e. The Kier molecular flexibility index (Phi) is 5.97. The van der Waals surface area contributed by atoms with E-state index in [0.29, 0.717) is 25.3 Å². The summed E-state index contributed by atoms with van der Waals surface area (Å²) in [6.45, 7) is 6.39. The summed E-state index contributed by atoms with van der Waals surface area (Å²) >= 11 is 0. The Hall–Kier alpha value is -2.96. The van der Waals surface area contributed by atoms with Crippen LogP contribution in [0.1, 0.15) is 22.7 Å². The number of ketones is 1. The quantitative estimate of drug-likeness (QED) is 0.446. The number of rotatable bonds is 5. The van der Waals surface area contributed by atoms with Crippen molar-refractivity contribution >= 4 is 17.4 Å². The number of ether oxygens (including phenoxy) is 1. The number of hydrogen-bond acceptors (Lipinski definition) is 4. The van der Waals surface area contributed by atoms with Crippen LogP contribution in [0.3, 0.4) is 0 Å². The van der Waals surface area contributed by atoms with Crippen LogP contribution in [0.2, 0.25) is 0 Å². The molecule has 2 fully saturated rings. The molecule has 2 N–H and O–H groups in total. The summed E-state index contributed by atoms with van der Waals surface area (Å²) in [5, 5.41) is 11.0. The van der Waals surface area contributed by atoms with Crippen LogP contribution in [0.5, 0.6) is 0 Å². The zero-order chi connectivity index (χ0) is 21.1. The van der Waals surface area contributed by atoms with Gasteiger partial charge < -0.3 is 19.6 Å². The Labute approximate surface area is 176 Å². The topological polar surface area (TPSA) is 71.3 Å². The van der Waals surface area contributed by atoms with E-state index in [1.807, 2.05) is 37.3 Å². The van der Waals surface area contributed by atoms with Crippen molar-refractivity contribution < 1.29 is 24.3 Å². The van der Waals surface area contributed by atoms with Gasteiger partial charge in [0.05, 0.1) is 37.9 Å². The number of morpholine rings is 1. The first-order valence-corrected chi connectivity index (χ1v) is 10.4. The van der Waals surface area contributed by atoms with E-state index in [1.165, 1.54) is 4.90 Å². The number of Topliss-reactive ketones (excluding diaryl/α,β-unsaturated/α-hetero) is 1. The highest BCUT2D eigenvalue weighted by Crippen LogP contribution is 2.39. The summed E-state index contributed by atoms with van der Waals surface area (Å²) in [4.78, 5) is 28.9. The molecule has 0 saturated carbocycles. The van der Waals surface area contributed by atoms with Gasteiger partial charge in [0.1, 0.15) is 18.8 Å². The second-order valence-corrected chi connectivity index (χ2v) is 7.88. The number of aliphatic hydroxyl groups is 1. The highest BCUT2D eigenvalue weighted by molar-refractivity contribution is 6.46. The Balaban J connectivity index is 1.72. The lowest BCUT2D eigenvalue weighted by molar-refractivity contribution is -0.907. The van der Waals surface area contributed by atoms with Crippen LogP contribution in [-0.2, 0) is 14.3 Å². The van der Waals surface area contributed by atoms with Crippen LogP contribution in [0.25, 0.3) is 5.76 Å². The molecule has 0 aromatic heterocycles. The highest BCUT2D eigenvalue weighted by atomic mass is 16.5. The second-order valence-electron chi connectivity index (χ2n) is 7.88. The first-order chi connectivity index (χ1) is 14.6. The molecule has 0 bridgehead atoms. The van der Waals surface area contributed by atoms with E-state index >= 15 is 0 Å². The van der Waals surface area contributed by atoms with Crippen LogP contribution in [0.4, 0.5) is 0 Å². The number of quaternary nitrogens is 1. The maximum absolute atomic E-state index is 13.0. The van der Waals surface area contributed by atoms with Crippen molar-refractivity contribution in [3.8, 4) is 0 Å². The monoisotopic (exact) mass is 407 g/mol. The molecule has 0 aliphatic carbocycles. The number of aliphatic hydroxyl groups excluding tert-OH is 1. The Bertz CT molecular complexity index is 947. The number of nitrogens with one attached hydrogen (secondary N) is 1. The van der Waals surface area contributed by atoms with E-state index in [2.05, 4.69) is 0 Å². The zero-order valence-corrected chi connectivity index (χ0v) is 17.1. The minimum atomic E-state index is -0.626. The summed E-state index contributed by atoms with van der Waals surface area (Å²) in [5.74, 6) is -1.30. The Morgan fingerprint density at radius 3 is 2.40 bits per heavy atom. The maximum atomic E-state index is 13.0. The molecular formula is C24H27N2O4+. The molecule has 2 heterocycles. The van der Waals surface area contributed by atoms with Crippen LogP contribution in [0, 0.1) is 6.92 Å². The molecule has 2 aliphatic heterocycles. The average Bonchev–Trinajstić information content (AvgIpc) is 3.04. The van der Waals surface area contributed by atoms with Crippen molar-refractivity contribution in [3.05, 3.63) is 76.9 Å². The van der Waals surface area contributed by atoms with Crippen LogP contribution < -0.4 is 4.90 Å². The van der Waals surface area contributed by atoms with Gasteiger partial charge in [-0.05, 0) is 12.5 Å². The molecule has 6 nitrogen and oxygen atoms in total. The molecule has 2 aromatic rings. The lowest BCUT2D eigenvalue weighted by Gasteiger charge is -2.29. The van der Waals surface area contributed by atoms with Gasteiger partial charge in [-0.1, -0.05) is 60.2 Å². The molecule has 2 aromatic carbocycles. The second kappa shape index (κ2) is 8.81. The van der Waals surface area contributed by atoms with E-state index in [4.69, 9.17) is 4.74 Å². The van der Waals surface area contributed by atoms with Crippen LogP contribution >= 0.6 is 0 Å². The summed E-state index contributed by atoms with van der Waals surface area (Å²) in [7, 11) is 0. The fraction of sp³-hybridized carbons (Fsp3) is 0.333. The summed E-state index contributed by atoms with van der Waals surface area (Å²) in [5.41, 5.74) is 2.62. The standard InChI is InChI=1S/C24H26N2O4/c1-17-7-9-18(10-8-17)21-20(22(27)19-5-3-2-4-6-19)23(28)24(29)26(21)12-11-25-13-15-30-16-14-25/h2-10,21,27H,11-16H2,1H3/p+1. The third-order valence-corrected chi connectivity index (χ3v) is 5.89. The number of nitrogens with zero attached hydrogens (tertiary/aromatic N) is 1. The Morgan fingerprint density at radius 1 is 1.07 bits per heavy atom. The fourth-order valence-corrected chi connectivity index (χ4v) is 4.15. The summed E-state index contributed by atoms with van der Waals surface area (Å²) < 4.78 is 5.41. The summed E-state index contributed by atoms with van der Waals surface area (Å²) in [6, 6.07) is 16.1. The third-order valence-electron chi connectivity index (χ3n) is 5.89. The van der Waals surface area contributed by atoms with E-state index in [9.17, 15) is 14.7 Å². The van der Waals surface area contributed by atoms with Gasteiger partial charge in [0.15, 0.2) is 0 Å². The number of benzene rings is 2. The molecule has 2 aliphatic rings. The number of amides is 1. The largest absolute Gasteiger partial charge is 0.507 e. The van der Waals surface area contributed by atoms with Crippen molar-refractivity contribution in [2.75, 3.05) is 39.4 Å². The van der Waals surface area contributed by atoms with Gasteiger partial charge in [0.2, 0.25) is 0 Å². The van der Waals surface area contributed by atoms with E-state index in [0.717, 1.165) is 30.8 Å². The molecule has 2 saturated heterocycles. The molecule has 156 valence electrons. The smallest absolute Gasteiger partial charge is 0.295 e. The first-order valence-electron chi connectivity index (χ1n) is 10.4. The SMILES string of the molecule is Cc1ccc(C2C(=C(O)c3ccccc3)C(=O)C(=O)N2CC[NH+]2CCOCC2)cc1. The van der Waals surface area contributed by atoms with Gasteiger partial charge in [-0.2, -0.15) is 0 Å². The van der Waals surface area contributed by atoms with Crippen molar-refractivity contribution in [2.24, 2.45) is 0 Å². The molecule has 4 rings (SSSR count). The maximum Gasteiger partial charge on any atom is 0.295 e. The number of carbonyl (C=O) groups excluding carboxylic acids is 2. The van der Waals surface area contributed by atoms with Gasteiger partial charge in [-0.25, -0.2) is 0 Å². The molecule has 0 radical (unpaired) electrons. The fourth-order valence-electron chi connectivity index (χ4n) is 4.15. The zero-order valence-electron chi connectivity index (χ0n) is 17.1. The van der Waals surface area contributed by atoms with Crippen molar-refractivity contribution in [1.29, 1.82) is 0 Å². The minimum absolute atomic E-state index is 0.124. The van der Waals surface area contributed by atoms with Gasteiger partial charge in [0, 0.05) is 5.56 Å². The lowest BCUT2D eigenvalue weighted by atomic mass is 9.95. The van der Waals surface area contributed by atoms with Gasteiger partial charge in [-0.15, -0.1) is 0 Å².